The van der Waals surface area contributed by atoms with Crippen LogP contribution in [-0.2, 0) is 9.47 Å². The van der Waals surface area contributed by atoms with Gasteiger partial charge in [-0.05, 0) is 51.0 Å². The van der Waals surface area contributed by atoms with E-state index in [0.29, 0.717) is 17.4 Å². The van der Waals surface area contributed by atoms with Crippen LogP contribution in [0.2, 0.25) is 0 Å². The van der Waals surface area contributed by atoms with E-state index in [-0.39, 0.29) is 0 Å². The van der Waals surface area contributed by atoms with E-state index in [0.717, 1.165) is 39.3 Å². The molecular formula is C15H31NO2. The molecule has 0 aromatic heterocycles. The van der Waals surface area contributed by atoms with Crippen molar-refractivity contribution in [1.29, 1.82) is 0 Å². The van der Waals surface area contributed by atoms with Crippen LogP contribution in [0.1, 0.15) is 47.0 Å². The van der Waals surface area contributed by atoms with Crippen LogP contribution in [0.5, 0.6) is 0 Å². The second-order valence-electron chi connectivity index (χ2n) is 6.31. The van der Waals surface area contributed by atoms with E-state index in [2.05, 4.69) is 33.0 Å². The molecule has 1 aliphatic heterocycles. The van der Waals surface area contributed by atoms with Gasteiger partial charge < -0.3 is 14.8 Å². The zero-order chi connectivity index (χ0) is 13.4. The maximum atomic E-state index is 5.73. The Labute approximate surface area is 113 Å². The minimum atomic E-state index is 0.338. The van der Waals surface area contributed by atoms with Gasteiger partial charge in [-0.15, -0.1) is 0 Å². The molecule has 1 rings (SSSR count). The molecule has 0 saturated carbocycles. The first-order chi connectivity index (χ1) is 8.54. The Kier molecular flexibility index (Phi) is 7.20. The van der Waals surface area contributed by atoms with E-state index < -0.39 is 0 Å². The van der Waals surface area contributed by atoms with Crippen molar-refractivity contribution in [2.75, 3.05) is 32.9 Å². The molecule has 3 nitrogen and oxygen atoms in total. The molecule has 0 atom stereocenters. The number of rotatable bonds is 8. The van der Waals surface area contributed by atoms with Crippen molar-refractivity contribution in [2.45, 2.75) is 53.1 Å². The Morgan fingerprint density at radius 2 is 1.83 bits per heavy atom. The fourth-order valence-corrected chi connectivity index (χ4v) is 2.46. The Bertz CT molecular complexity index is 195. The minimum Gasteiger partial charge on any atom is -0.381 e. The van der Waals surface area contributed by atoms with Gasteiger partial charge >= 0.3 is 0 Å². The summed E-state index contributed by atoms with van der Waals surface area (Å²) in [7, 11) is 0. The fraction of sp³-hybridized carbons (Fsp3) is 1.00. The summed E-state index contributed by atoms with van der Waals surface area (Å²) in [5.41, 5.74) is 0.391. The number of hydrogen-bond acceptors (Lipinski definition) is 3. The molecule has 0 unspecified atom stereocenters. The third kappa shape index (κ3) is 6.17. The SMILES string of the molecule is CC(C)CNCC1(CCOC(C)C)CCOCC1. The van der Waals surface area contributed by atoms with E-state index in [1.165, 1.54) is 12.8 Å². The predicted molar refractivity (Wildman–Crippen MR) is 75.9 cm³/mol. The van der Waals surface area contributed by atoms with Crippen LogP contribution >= 0.6 is 0 Å². The molecule has 3 heteroatoms. The maximum Gasteiger partial charge on any atom is 0.0518 e. The lowest BCUT2D eigenvalue weighted by molar-refractivity contribution is -0.0146. The van der Waals surface area contributed by atoms with Gasteiger partial charge in [0.1, 0.15) is 0 Å². The van der Waals surface area contributed by atoms with Crippen molar-refractivity contribution < 1.29 is 9.47 Å². The summed E-state index contributed by atoms with van der Waals surface area (Å²) < 4.78 is 11.2. The molecule has 0 radical (unpaired) electrons. The first-order valence-corrected chi connectivity index (χ1v) is 7.44. The summed E-state index contributed by atoms with van der Waals surface area (Å²) in [4.78, 5) is 0. The van der Waals surface area contributed by atoms with Crippen molar-refractivity contribution >= 4 is 0 Å². The van der Waals surface area contributed by atoms with Gasteiger partial charge in [-0.1, -0.05) is 13.8 Å². The average molecular weight is 257 g/mol. The quantitative estimate of drug-likeness (QED) is 0.725. The zero-order valence-corrected chi connectivity index (χ0v) is 12.6. The molecule has 0 bridgehead atoms. The number of hydrogen-bond donors (Lipinski definition) is 1. The van der Waals surface area contributed by atoms with Crippen molar-refractivity contribution in [3.05, 3.63) is 0 Å². The molecule has 0 aliphatic carbocycles. The van der Waals surface area contributed by atoms with Gasteiger partial charge in [0, 0.05) is 26.4 Å². The highest BCUT2D eigenvalue weighted by molar-refractivity contribution is 4.84. The summed E-state index contributed by atoms with van der Waals surface area (Å²) in [6.07, 6.45) is 3.82. The highest BCUT2D eigenvalue weighted by Crippen LogP contribution is 2.33. The summed E-state index contributed by atoms with van der Waals surface area (Å²) in [5.74, 6) is 0.716. The number of ether oxygens (including phenoxy) is 2. The molecule has 0 aromatic rings. The van der Waals surface area contributed by atoms with Crippen molar-refractivity contribution in [1.82, 2.24) is 5.32 Å². The Hall–Kier alpha value is -0.120. The minimum absolute atomic E-state index is 0.338. The summed E-state index contributed by atoms with van der Waals surface area (Å²) >= 11 is 0. The summed E-state index contributed by atoms with van der Waals surface area (Å²) in [6, 6.07) is 0. The molecule has 1 heterocycles. The van der Waals surface area contributed by atoms with Crippen LogP contribution in [-0.4, -0.2) is 39.0 Å². The van der Waals surface area contributed by atoms with E-state index >= 15 is 0 Å². The molecule has 1 fully saturated rings. The number of nitrogens with one attached hydrogen (secondary N) is 1. The van der Waals surface area contributed by atoms with Gasteiger partial charge in [-0.2, -0.15) is 0 Å². The fourth-order valence-electron chi connectivity index (χ4n) is 2.46. The zero-order valence-electron chi connectivity index (χ0n) is 12.6. The Balaban J connectivity index is 2.36. The smallest absolute Gasteiger partial charge is 0.0518 e. The second kappa shape index (κ2) is 8.13. The molecule has 18 heavy (non-hydrogen) atoms. The van der Waals surface area contributed by atoms with Gasteiger partial charge in [0.05, 0.1) is 6.10 Å². The van der Waals surface area contributed by atoms with Gasteiger partial charge in [-0.25, -0.2) is 0 Å². The molecular weight excluding hydrogens is 226 g/mol. The van der Waals surface area contributed by atoms with E-state index in [1.54, 1.807) is 0 Å². The van der Waals surface area contributed by atoms with Gasteiger partial charge in [0.15, 0.2) is 0 Å². The van der Waals surface area contributed by atoms with Crippen molar-refractivity contribution in [2.24, 2.45) is 11.3 Å². The Morgan fingerprint density at radius 3 is 2.39 bits per heavy atom. The van der Waals surface area contributed by atoms with E-state index in [4.69, 9.17) is 9.47 Å². The molecule has 1 N–H and O–H groups in total. The van der Waals surface area contributed by atoms with Crippen LogP contribution in [0.15, 0.2) is 0 Å². The van der Waals surface area contributed by atoms with Crippen LogP contribution in [0.3, 0.4) is 0 Å². The van der Waals surface area contributed by atoms with Crippen molar-refractivity contribution in [3.63, 3.8) is 0 Å². The van der Waals surface area contributed by atoms with Crippen LogP contribution < -0.4 is 5.32 Å². The average Bonchev–Trinajstić information content (AvgIpc) is 2.29. The molecule has 0 amide bonds. The Morgan fingerprint density at radius 1 is 1.17 bits per heavy atom. The molecule has 1 aliphatic rings. The summed E-state index contributed by atoms with van der Waals surface area (Å²) in [5, 5.41) is 3.62. The van der Waals surface area contributed by atoms with Crippen molar-refractivity contribution in [3.8, 4) is 0 Å². The lowest BCUT2D eigenvalue weighted by Gasteiger charge is -2.38. The third-order valence-corrected chi connectivity index (χ3v) is 3.69. The largest absolute Gasteiger partial charge is 0.381 e. The van der Waals surface area contributed by atoms with E-state index in [9.17, 15) is 0 Å². The molecule has 1 saturated heterocycles. The van der Waals surface area contributed by atoms with Crippen LogP contribution in [0.25, 0.3) is 0 Å². The highest BCUT2D eigenvalue weighted by atomic mass is 16.5. The highest BCUT2D eigenvalue weighted by Gasteiger charge is 2.32. The molecule has 0 spiro atoms. The maximum absolute atomic E-state index is 5.73. The third-order valence-electron chi connectivity index (χ3n) is 3.69. The van der Waals surface area contributed by atoms with Gasteiger partial charge in [0.25, 0.3) is 0 Å². The van der Waals surface area contributed by atoms with Crippen LogP contribution in [0.4, 0.5) is 0 Å². The monoisotopic (exact) mass is 257 g/mol. The predicted octanol–water partition coefficient (Wildman–Crippen LogP) is 2.84. The van der Waals surface area contributed by atoms with Gasteiger partial charge in [-0.3, -0.25) is 0 Å². The molecule has 108 valence electrons. The first kappa shape index (κ1) is 15.9. The normalized spacial score (nSPS) is 19.7. The first-order valence-electron chi connectivity index (χ1n) is 7.44. The standard InChI is InChI=1S/C15H31NO2/c1-13(2)11-16-12-15(5-8-17-9-6-15)7-10-18-14(3)4/h13-14,16H,5-12H2,1-4H3. The topological polar surface area (TPSA) is 30.5 Å². The van der Waals surface area contributed by atoms with Gasteiger partial charge in [0.2, 0.25) is 0 Å². The van der Waals surface area contributed by atoms with Crippen LogP contribution in [0, 0.1) is 11.3 Å². The molecule has 0 aromatic carbocycles. The lowest BCUT2D eigenvalue weighted by Crippen LogP contribution is -2.41. The lowest BCUT2D eigenvalue weighted by atomic mass is 9.77. The second-order valence-corrected chi connectivity index (χ2v) is 6.31. The van der Waals surface area contributed by atoms with E-state index in [1.807, 2.05) is 0 Å². The summed E-state index contributed by atoms with van der Waals surface area (Å²) in [6.45, 7) is 13.6.